The van der Waals surface area contributed by atoms with Gasteiger partial charge in [-0.2, -0.15) is 11.3 Å². The van der Waals surface area contributed by atoms with Crippen molar-refractivity contribution in [3.63, 3.8) is 0 Å². The number of carbonyl (C=O) groups is 2. The van der Waals surface area contributed by atoms with Crippen molar-refractivity contribution in [2.24, 2.45) is 0 Å². The van der Waals surface area contributed by atoms with Gasteiger partial charge < -0.3 is 5.11 Å². The molecule has 1 rings (SSSR count). The van der Waals surface area contributed by atoms with Gasteiger partial charge in [0, 0.05) is 27.8 Å². The van der Waals surface area contributed by atoms with Gasteiger partial charge >= 0.3 is 5.97 Å². The largest absolute Gasteiger partial charge is 0.472 e. The monoisotopic (exact) mass is 180 g/mol. The Kier molecular flexibility index (Phi) is 2.62. The molecule has 0 aliphatic heterocycles. The molecule has 0 atom stereocenters. The van der Waals surface area contributed by atoms with Crippen molar-refractivity contribution in [2.45, 2.75) is 0 Å². The summed E-state index contributed by atoms with van der Waals surface area (Å²) >= 11 is 1.32. The van der Waals surface area contributed by atoms with E-state index in [1.165, 1.54) is 11.3 Å². The van der Waals surface area contributed by atoms with Crippen LogP contribution >= 0.6 is 11.3 Å². The first-order valence-corrected chi connectivity index (χ1v) is 3.94. The minimum absolute atomic E-state index is 0.439. The zero-order chi connectivity index (χ0) is 8.97. The SMILES string of the molecule is O=Cc1cscc1C#CC(=O)O. The highest BCUT2D eigenvalue weighted by Gasteiger charge is 1.98. The molecule has 0 aromatic carbocycles. The topological polar surface area (TPSA) is 54.4 Å². The second-order valence-corrected chi connectivity index (χ2v) is 2.66. The van der Waals surface area contributed by atoms with Crippen LogP contribution in [0.15, 0.2) is 10.8 Å². The van der Waals surface area contributed by atoms with Gasteiger partial charge in [-0.05, 0) is 0 Å². The van der Waals surface area contributed by atoms with Gasteiger partial charge in [-0.25, -0.2) is 4.79 Å². The van der Waals surface area contributed by atoms with E-state index in [1.807, 2.05) is 5.92 Å². The Morgan fingerprint density at radius 3 is 2.92 bits per heavy atom. The molecule has 3 nitrogen and oxygen atoms in total. The lowest BCUT2D eigenvalue weighted by Crippen LogP contribution is -1.87. The molecular formula is C8H4O3S. The molecule has 1 aromatic heterocycles. The van der Waals surface area contributed by atoms with Gasteiger partial charge in [0.15, 0.2) is 6.29 Å². The Balaban J connectivity index is 2.98. The van der Waals surface area contributed by atoms with Crippen LogP contribution in [0.3, 0.4) is 0 Å². The molecule has 4 heteroatoms. The predicted octanol–water partition coefficient (Wildman–Crippen LogP) is 0.997. The molecule has 1 aromatic rings. The fourth-order valence-corrected chi connectivity index (χ4v) is 1.35. The van der Waals surface area contributed by atoms with E-state index in [4.69, 9.17) is 5.11 Å². The number of carbonyl (C=O) groups excluding carboxylic acids is 1. The third-order valence-electron chi connectivity index (χ3n) is 1.12. The van der Waals surface area contributed by atoms with E-state index in [1.54, 1.807) is 10.8 Å². The van der Waals surface area contributed by atoms with Crippen molar-refractivity contribution in [1.82, 2.24) is 0 Å². The molecule has 0 spiro atoms. The quantitative estimate of drug-likeness (QED) is 0.518. The molecule has 0 fully saturated rings. The average molecular weight is 180 g/mol. The molecule has 1 heterocycles. The van der Waals surface area contributed by atoms with Gasteiger partial charge in [-0.15, -0.1) is 0 Å². The Morgan fingerprint density at radius 2 is 2.33 bits per heavy atom. The Morgan fingerprint density at radius 1 is 1.58 bits per heavy atom. The van der Waals surface area contributed by atoms with Crippen molar-refractivity contribution in [3.05, 3.63) is 21.9 Å². The smallest absolute Gasteiger partial charge is 0.382 e. The lowest BCUT2D eigenvalue weighted by Gasteiger charge is -1.81. The molecule has 0 aliphatic carbocycles. The van der Waals surface area contributed by atoms with Crippen LogP contribution in [-0.2, 0) is 4.79 Å². The highest BCUT2D eigenvalue weighted by Crippen LogP contribution is 2.10. The molecule has 1 N–H and O–H groups in total. The number of aldehydes is 1. The molecule has 0 bridgehead atoms. The van der Waals surface area contributed by atoms with E-state index in [-0.39, 0.29) is 0 Å². The fourth-order valence-electron chi connectivity index (χ4n) is 0.621. The summed E-state index contributed by atoms with van der Waals surface area (Å²) in [4.78, 5) is 20.4. The number of carboxylic acids is 1. The van der Waals surface area contributed by atoms with Crippen LogP contribution in [0.2, 0.25) is 0 Å². The zero-order valence-electron chi connectivity index (χ0n) is 5.90. The maximum atomic E-state index is 10.3. The van der Waals surface area contributed by atoms with E-state index < -0.39 is 5.97 Å². The first-order chi connectivity index (χ1) is 5.74. The van der Waals surface area contributed by atoms with Crippen molar-refractivity contribution in [1.29, 1.82) is 0 Å². The molecular weight excluding hydrogens is 176 g/mol. The van der Waals surface area contributed by atoms with E-state index in [0.717, 1.165) is 0 Å². The van der Waals surface area contributed by atoms with Gasteiger partial charge in [0.2, 0.25) is 0 Å². The van der Waals surface area contributed by atoms with E-state index >= 15 is 0 Å². The molecule has 0 unspecified atom stereocenters. The van der Waals surface area contributed by atoms with Crippen LogP contribution in [-0.4, -0.2) is 17.4 Å². The summed E-state index contributed by atoms with van der Waals surface area (Å²) in [5, 5.41) is 11.5. The maximum absolute atomic E-state index is 10.3. The molecule has 0 saturated heterocycles. The van der Waals surface area contributed by atoms with Gasteiger partial charge in [0.05, 0.1) is 0 Å². The molecule has 0 aliphatic rings. The van der Waals surface area contributed by atoms with Gasteiger partial charge in [-0.3, -0.25) is 4.79 Å². The normalized spacial score (nSPS) is 8.33. The van der Waals surface area contributed by atoms with Crippen molar-refractivity contribution in [3.8, 4) is 11.8 Å². The number of hydrogen-bond donors (Lipinski definition) is 1. The lowest BCUT2D eigenvalue weighted by atomic mass is 10.2. The van der Waals surface area contributed by atoms with Crippen molar-refractivity contribution < 1.29 is 14.7 Å². The summed E-state index contributed by atoms with van der Waals surface area (Å²) in [5.41, 5.74) is 0.908. The van der Waals surface area contributed by atoms with E-state index in [0.29, 0.717) is 17.4 Å². The fraction of sp³-hybridized carbons (Fsp3) is 0. The number of carboxylic acid groups (broad SMARTS) is 1. The number of aliphatic carboxylic acids is 1. The Bertz CT molecular complexity index is 367. The van der Waals surface area contributed by atoms with Gasteiger partial charge in [-0.1, -0.05) is 5.92 Å². The van der Waals surface area contributed by atoms with E-state index in [9.17, 15) is 9.59 Å². The summed E-state index contributed by atoms with van der Waals surface area (Å²) in [7, 11) is 0. The third kappa shape index (κ3) is 1.94. The molecule has 0 amide bonds. The van der Waals surface area contributed by atoms with Crippen LogP contribution in [0.1, 0.15) is 15.9 Å². The second-order valence-electron chi connectivity index (χ2n) is 1.91. The average Bonchev–Trinajstić information content (AvgIpc) is 2.47. The standard InChI is InChI=1S/C8H4O3S/c9-3-7-5-12-4-6(7)1-2-8(10)11/h3-5H,(H,10,11). The maximum Gasteiger partial charge on any atom is 0.382 e. The minimum atomic E-state index is -1.20. The number of hydrogen-bond acceptors (Lipinski definition) is 3. The lowest BCUT2D eigenvalue weighted by molar-refractivity contribution is -0.130. The first-order valence-electron chi connectivity index (χ1n) is 3.00. The van der Waals surface area contributed by atoms with Gasteiger partial charge in [0.1, 0.15) is 0 Å². The Hall–Kier alpha value is -1.60. The number of thiophene rings is 1. The number of rotatable bonds is 1. The summed E-state index contributed by atoms with van der Waals surface area (Å²) < 4.78 is 0. The Labute approximate surface area is 72.6 Å². The molecule has 60 valence electrons. The van der Waals surface area contributed by atoms with Crippen LogP contribution in [0.4, 0.5) is 0 Å². The third-order valence-corrected chi connectivity index (χ3v) is 1.88. The first kappa shape index (κ1) is 8.50. The summed E-state index contributed by atoms with van der Waals surface area (Å²) in [6, 6.07) is 0. The summed E-state index contributed by atoms with van der Waals surface area (Å²) in [6.07, 6.45) is 0.655. The highest BCUT2D eigenvalue weighted by molar-refractivity contribution is 7.08. The summed E-state index contributed by atoms with van der Waals surface area (Å²) in [5.74, 6) is 3.11. The van der Waals surface area contributed by atoms with Crippen LogP contribution in [0, 0.1) is 11.8 Å². The van der Waals surface area contributed by atoms with Crippen molar-refractivity contribution >= 4 is 23.6 Å². The highest BCUT2D eigenvalue weighted by atomic mass is 32.1. The molecule has 0 radical (unpaired) electrons. The van der Waals surface area contributed by atoms with Crippen LogP contribution in [0.5, 0.6) is 0 Å². The molecule has 0 saturated carbocycles. The van der Waals surface area contributed by atoms with Gasteiger partial charge in [0.25, 0.3) is 0 Å². The van der Waals surface area contributed by atoms with Crippen LogP contribution in [0.25, 0.3) is 0 Å². The second kappa shape index (κ2) is 3.69. The summed E-state index contributed by atoms with van der Waals surface area (Å²) in [6.45, 7) is 0. The predicted molar refractivity (Wildman–Crippen MR) is 44.2 cm³/mol. The molecule has 12 heavy (non-hydrogen) atoms. The minimum Gasteiger partial charge on any atom is -0.472 e. The van der Waals surface area contributed by atoms with Crippen LogP contribution < -0.4 is 0 Å². The van der Waals surface area contributed by atoms with Crippen molar-refractivity contribution in [2.75, 3.05) is 0 Å². The zero-order valence-corrected chi connectivity index (χ0v) is 6.72. The van der Waals surface area contributed by atoms with E-state index in [2.05, 4.69) is 5.92 Å².